The number of hydrogen-bond donors (Lipinski definition) is 1. The summed E-state index contributed by atoms with van der Waals surface area (Å²) in [6.07, 6.45) is 16.5. The third-order valence-corrected chi connectivity index (χ3v) is 12.7. The smallest absolute Gasteiger partial charge is 0.323 e. The molecule has 39 heavy (non-hydrogen) atoms. The van der Waals surface area contributed by atoms with Gasteiger partial charge in [-0.1, -0.05) is 84.2 Å². The molecule has 4 aliphatic rings. The minimum Gasteiger partial charge on any atom is -0.461 e. The van der Waals surface area contributed by atoms with Gasteiger partial charge in [0.1, 0.15) is 12.1 Å². The molecule has 1 aromatic carbocycles. The number of carbonyl (C=O) groups excluding carboxylic acids is 1. The molecule has 0 aromatic heterocycles. The van der Waals surface area contributed by atoms with Gasteiger partial charge in [0.15, 0.2) is 0 Å². The van der Waals surface area contributed by atoms with E-state index in [1.54, 1.807) is 0 Å². The van der Waals surface area contributed by atoms with Gasteiger partial charge < -0.3 is 10.5 Å². The Bertz CT molecular complexity index is 960. The molecule has 5 rings (SSSR count). The molecule has 4 saturated carbocycles. The van der Waals surface area contributed by atoms with E-state index in [0.717, 1.165) is 41.6 Å². The zero-order valence-corrected chi connectivity index (χ0v) is 25.7. The zero-order chi connectivity index (χ0) is 27.8. The Morgan fingerprint density at radius 3 is 2.46 bits per heavy atom. The standard InChI is InChI=1S/C36H57NO2/c1-24(2)11-9-12-25(3)29-19-20-30-28-18-17-27-15-10-16-33(36(27,5)31(28)21-22-35(29,30)4)39-34(38)32(37)23-26-13-7-6-8-14-26/h6-8,13-14,24-25,27-33H,9-12,15-23,37H2,1-5H3/t25-,27+,28-,29-,30-,31-,32?,33?,35+,36-/m0/s1. The summed E-state index contributed by atoms with van der Waals surface area (Å²) in [7, 11) is 0. The molecule has 4 fully saturated rings. The maximum atomic E-state index is 13.3. The Balaban J connectivity index is 1.29. The molecule has 2 N–H and O–H groups in total. The monoisotopic (exact) mass is 535 g/mol. The summed E-state index contributed by atoms with van der Waals surface area (Å²) in [6, 6.07) is 9.55. The van der Waals surface area contributed by atoms with Crippen molar-refractivity contribution in [2.45, 2.75) is 130 Å². The quantitative estimate of drug-likeness (QED) is 0.322. The summed E-state index contributed by atoms with van der Waals surface area (Å²) in [5.74, 6) is 5.39. The van der Waals surface area contributed by atoms with E-state index in [1.165, 1.54) is 70.6 Å². The summed E-state index contributed by atoms with van der Waals surface area (Å²) in [6.45, 7) is 12.5. The van der Waals surface area contributed by atoms with Crippen molar-refractivity contribution in [3.05, 3.63) is 35.9 Å². The van der Waals surface area contributed by atoms with Crippen molar-refractivity contribution in [1.82, 2.24) is 0 Å². The topological polar surface area (TPSA) is 52.3 Å². The largest absolute Gasteiger partial charge is 0.461 e. The predicted octanol–water partition coefficient (Wildman–Crippen LogP) is 8.59. The van der Waals surface area contributed by atoms with Gasteiger partial charge in [-0.15, -0.1) is 0 Å². The van der Waals surface area contributed by atoms with Gasteiger partial charge in [-0.2, -0.15) is 0 Å². The minimum absolute atomic E-state index is 0.0230. The molecule has 0 spiro atoms. The van der Waals surface area contributed by atoms with Crippen LogP contribution in [0, 0.1) is 52.3 Å². The highest BCUT2D eigenvalue weighted by Gasteiger charge is 2.62. The molecular weight excluding hydrogens is 478 g/mol. The van der Waals surface area contributed by atoms with Crippen LogP contribution >= 0.6 is 0 Å². The number of ether oxygens (including phenoxy) is 1. The third kappa shape index (κ3) is 5.60. The first-order valence-electron chi connectivity index (χ1n) is 16.6. The van der Waals surface area contributed by atoms with Gasteiger partial charge in [-0.25, -0.2) is 0 Å². The highest BCUT2D eigenvalue weighted by molar-refractivity contribution is 5.76. The summed E-state index contributed by atoms with van der Waals surface area (Å²) in [5, 5.41) is 0. The fourth-order valence-corrected chi connectivity index (χ4v) is 10.7. The molecular formula is C36H57NO2. The molecule has 0 heterocycles. The van der Waals surface area contributed by atoms with Crippen LogP contribution in [0.15, 0.2) is 30.3 Å². The van der Waals surface area contributed by atoms with Gasteiger partial charge in [0, 0.05) is 5.41 Å². The molecule has 3 nitrogen and oxygen atoms in total. The molecule has 3 heteroatoms. The molecule has 0 radical (unpaired) electrons. The zero-order valence-electron chi connectivity index (χ0n) is 25.7. The minimum atomic E-state index is -0.585. The van der Waals surface area contributed by atoms with E-state index in [2.05, 4.69) is 46.8 Å². The molecule has 0 aliphatic heterocycles. The fourth-order valence-electron chi connectivity index (χ4n) is 10.7. The lowest BCUT2D eigenvalue weighted by molar-refractivity contribution is -0.193. The first-order chi connectivity index (χ1) is 18.6. The van der Waals surface area contributed by atoms with Crippen molar-refractivity contribution in [3.63, 3.8) is 0 Å². The molecule has 0 amide bonds. The van der Waals surface area contributed by atoms with Crippen LogP contribution in [0.4, 0.5) is 0 Å². The highest BCUT2D eigenvalue weighted by atomic mass is 16.5. The van der Waals surface area contributed by atoms with Crippen LogP contribution < -0.4 is 5.73 Å². The average molecular weight is 536 g/mol. The van der Waals surface area contributed by atoms with Crippen molar-refractivity contribution in [2.24, 2.45) is 58.0 Å². The Morgan fingerprint density at radius 2 is 1.72 bits per heavy atom. The number of carbonyl (C=O) groups is 1. The average Bonchev–Trinajstić information content (AvgIpc) is 3.26. The predicted molar refractivity (Wildman–Crippen MR) is 161 cm³/mol. The van der Waals surface area contributed by atoms with Gasteiger partial charge in [-0.05, 0) is 117 Å². The van der Waals surface area contributed by atoms with E-state index >= 15 is 0 Å². The van der Waals surface area contributed by atoms with Crippen molar-refractivity contribution in [1.29, 1.82) is 0 Å². The van der Waals surface area contributed by atoms with Crippen LogP contribution in [0.25, 0.3) is 0 Å². The van der Waals surface area contributed by atoms with Crippen LogP contribution in [0.2, 0.25) is 0 Å². The maximum absolute atomic E-state index is 13.3. The second kappa shape index (κ2) is 11.9. The molecule has 0 saturated heterocycles. The van der Waals surface area contributed by atoms with E-state index < -0.39 is 6.04 Å². The molecule has 4 aliphatic carbocycles. The van der Waals surface area contributed by atoms with Crippen molar-refractivity contribution in [3.8, 4) is 0 Å². The van der Waals surface area contributed by atoms with Crippen LogP contribution in [-0.2, 0) is 16.0 Å². The van der Waals surface area contributed by atoms with E-state index in [-0.39, 0.29) is 17.5 Å². The van der Waals surface area contributed by atoms with Gasteiger partial charge in [-0.3, -0.25) is 4.79 Å². The lowest BCUT2D eigenvalue weighted by atomic mass is 9.44. The summed E-state index contributed by atoms with van der Waals surface area (Å²) < 4.78 is 6.44. The van der Waals surface area contributed by atoms with Crippen molar-refractivity contribution in [2.75, 3.05) is 0 Å². The normalized spacial score (nSPS) is 39.4. The summed E-state index contributed by atoms with van der Waals surface area (Å²) >= 11 is 0. The number of hydrogen-bond acceptors (Lipinski definition) is 3. The van der Waals surface area contributed by atoms with E-state index in [1.807, 2.05) is 18.2 Å². The first-order valence-corrected chi connectivity index (χ1v) is 16.6. The van der Waals surface area contributed by atoms with Crippen LogP contribution in [0.3, 0.4) is 0 Å². The SMILES string of the molecule is CC(C)CCC[C@H](C)[C@@H]1CC[C@H]2[C@@H]3CC[C@H]4CCCC(OC(=O)C(N)Cc5ccccc5)[C@]4(C)[C@H]3CC[C@@]21C. The molecule has 0 bridgehead atoms. The number of benzene rings is 1. The fraction of sp³-hybridized carbons (Fsp3) is 0.806. The van der Waals surface area contributed by atoms with Crippen LogP contribution in [0.1, 0.15) is 117 Å². The molecule has 10 atom stereocenters. The lowest BCUT2D eigenvalue weighted by Crippen LogP contribution is -2.59. The van der Waals surface area contributed by atoms with Crippen LogP contribution in [-0.4, -0.2) is 18.1 Å². The van der Waals surface area contributed by atoms with E-state index in [0.29, 0.717) is 23.7 Å². The Kier molecular flexibility index (Phi) is 8.87. The Labute approximate surface area is 239 Å². The van der Waals surface area contributed by atoms with Gasteiger partial charge >= 0.3 is 5.97 Å². The number of rotatable bonds is 9. The molecule has 218 valence electrons. The summed E-state index contributed by atoms with van der Waals surface area (Å²) in [4.78, 5) is 13.3. The lowest BCUT2D eigenvalue weighted by Gasteiger charge is -2.62. The summed E-state index contributed by atoms with van der Waals surface area (Å²) in [5.41, 5.74) is 8.12. The second-order valence-corrected chi connectivity index (χ2v) is 15.2. The van der Waals surface area contributed by atoms with Gasteiger partial charge in [0.25, 0.3) is 0 Å². The van der Waals surface area contributed by atoms with Gasteiger partial charge in [0.05, 0.1) is 0 Å². The van der Waals surface area contributed by atoms with E-state index in [4.69, 9.17) is 10.5 Å². The van der Waals surface area contributed by atoms with Crippen LogP contribution in [0.5, 0.6) is 0 Å². The Hall–Kier alpha value is -1.35. The van der Waals surface area contributed by atoms with Crippen molar-refractivity contribution >= 4 is 5.97 Å². The van der Waals surface area contributed by atoms with Gasteiger partial charge in [0.2, 0.25) is 0 Å². The number of nitrogens with two attached hydrogens (primary N) is 1. The van der Waals surface area contributed by atoms with E-state index in [9.17, 15) is 4.79 Å². The maximum Gasteiger partial charge on any atom is 0.323 e. The molecule has 1 aromatic rings. The second-order valence-electron chi connectivity index (χ2n) is 15.2. The third-order valence-electron chi connectivity index (χ3n) is 12.7. The van der Waals surface area contributed by atoms with Crippen molar-refractivity contribution < 1.29 is 9.53 Å². The highest BCUT2D eigenvalue weighted by Crippen LogP contribution is 2.68. The number of esters is 1. The Morgan fingerprint density at radius 1 is 0.949 bits per heavy atom. The molecule has 2 unspecified atom stereocenters. The number of fused-ring (bicyclic) bond motifs is 5. The first kappa shape index (κ1) is 29.2.